The maximum absolute atomic E-state index is 13.0. The summed E-state index contributed by atoms with van der Waals surface area (Å²) >= 11 is 5.92. The van der Waals surface area contributed by atoms with E-state index in [0.29, 0.717) is 11.6 Å². The average molecular weight is 486 g/mol. The molecular weight excluding hydrogens is 466 g/mol. The van der Waals surface area contributed by atoms with Crippen molar-refractivity contribution < 1.29 is 19.5 Å². The van der Waals surface area contributed by atoms with E-state index >= 15 is 0 Å². The quantitative estimate of drug-likeness (QED) is 0.292. The van der Waals surface area contributed by atoms with Gasteiger partial charge in [-0.2, -0.15) is 0 Å². The number of benzene rings is 3. The number of rotatable bonds is 6. The van der Waals surface area contributed by atoms with Gasteiger partial charge in [0.2, 0.25) is 0 Å². The molecule has 3 aromatic carbocycles. The summed E-state index contributed by atoms with van der Waals surface area (Å²) in [5.74, 6) is -1.38. The molecule has 1 saturated heterocycles. The summed E-state index contributed by atoms with van der Waals surface area (Å²) in [5, 5.41) is 13.5. The molecule has 1 aromatic heterocycles. The van der Waals surface area contributed by atoms with Crippen LogP contribution in [0.5, 0.6) is 0 Å². The van der Waals surface area contributed by atoms with Crippen LogP contribution in [0.1, 0.15) is 27.0 Å². The van der Waals surface area contributed by atoms with Crippen LogP contribution in [-0.2, 0) is 17.9 Å². The summed E-state index contributed by atoms with van der Waals surface area (Å²) < 4.78 is 2.00. The Balaban J connectivity index is 1.45. The Hall–Kier alpha value is -4.36. The van der Waals surface area contributed by atoms with Crippen LogP contribution in [0, 0.1) is 0 Å². The molecule has 2 heterocycles. The van der Waals surface area contributed by atoms with Gasteiger partial charge in [0.15, 0.2) is 0 Å². The number of amides is 3. The van der Waals surface area contributed by atoms with E-state index in [1.54, 1.807) is 48.5 Å². The minimum Gasteiger partial charge on any atom is -0.478 e. The van der Waals surface area contributed by atoms with Crippen LogP contribution in [0.25, 0.3) is 17.0 Å². The number of imide groups is 1. The number of aromatic carboxylic acids is 1. The highest BCUT2D eigenvalue weighted by Crippen LogP contribution is 2.26. The molecule has 0 bridgehead atoms. The third-order valence-corrected chi connectivity index (χ3v) is 6.11. The van der Waals surface area contributed by atoms with Crippen molar-refractivity contribution in [1.29, 1.82) is 0 Å². The number of halogens is 1. The van der Waals surface area contributed by atoms with Gasteiger partial charge in [0.25, 0.3) is 5.91 Å². The van der Waals surface area contributed by atoms with E-state index in [9.17, 15) is 19.5 Å². The third-order valence-electron chi connectivity index (χ3n) is 5.86. The molecule has 4 aromatic rings. The first-order valence-electron chi connectivity index (χ1n) is 10.9. The van der Waals surface area contributed by atoms with E-state index in [-0.39, 0.29) is 17.8 Å². The molecule has 1 fully saturated rings. The molecule has 0 atom stereocenters. The molecule has 8 heteroatoms. The van der Waals surface area contributed by atoms with Gasteiger partial charge in [0.1, 0.15) is 5.70 Å². The number of aromatic nitrogens is 1. The van der Waals surface area contributed by atoms with Crippen LogP contribution >= 0.6 is 11.6 Å². The molecule has 0 spiro atoms. The summed E-state index contributed by atoms with van der Waals surface area (Å²) in [7, 11) is 0. The number of carbonyl (C=O) groups excluding carboxylic acids is 2. The third kappa shape index (κ3) is 4.54. The van der Waals surface area contributed by atoms with Gasteiger partial charge in [-0.1, -0.05) is 54.1 Å². The largest absolute Gasteiger partial charge is 0.478 e. The highest BCUT2D eigenvalue weighted by molar-refractivity contribution is 6.30. The topological polar surface area (TPSA) is 91.6 Å². The highest BCUT2D eigenvalue weighted by atomic mass is 35.5. The lowest BCUT2D eigenvalue weighted by atomic mass is 10.1. The molecule has 174 valence electrons. The van der Waals surface area contributed by atoms with Crippen LogP contribution in [0.4, 0.5) is 4.79 Å². The first-order valence-corrected chi connectivity index (χ1v) is 11.3. The monoisotopic (exact) mass is 485 g/mol. The highest BCUT2D eigenvalue weighted by Gasteiger charge is 2.33. The fourth-order valence-electron chi connectivity index (χ4n) is 4.16. The fourth-order valence-corrected chi connectivity index (χ4v) is 4.29. The number of hydrogen-bond donors (Lipinski definition) is 2. The number of urea groups is 1. The number of hydrogen-bond acceptors (Lipinski definition) is 3. The van der Waals surface area contributed by atoms with Crippen LogP contribution in [-0.4, -0.2) is 32.5 Å². The van der Waals surface area contributed by atoms with E-state index in [1.807, 2.05) is 41.1 Å². The SMILES string of the molecule is O=C(O)c1cccc(Cn2cc(C=C3NC(=O)N(Cc4ccc(Cl)cc4)C3=O)c3ccccc32)c1. The Labute approximate surface area is 205 Å². The van der Waals surface area contributed by atoms with Crippen LogP contribution in [0.15, 0.2) is 84.7 Å². The summed E-state index contributed by atoms with van der Waals surface area (Å²) in [6.07, 6.45) is 3.57. The zero-order valence-corrected chi connectivity index (χ0v) is 19.2. The number of carboxylic acid groups (broad SMARTS) is 1. The zero-order valence-electron chi connectivity index (χ0n) is 18.4. The van der Waals surface area contributed by atoms with Crippen molar-refractivity contribution in [3.63, 3.8) is 0 Å². The second-order valence-corrected chi connectivity index (χ2v) is 8.68. The number of para-hydroxylation sites is 1. The van der Waals surface area contributed by atoms with Gasteiger partial charge in [-0.05, 0) is 47.5 Å². The maximum atomic E-state index is 13.0. The van der Waals surface area contributed by atoms with Gasteiger partial charge in [-0.3, -0.25) is 9.69 Å². The van der Waals surface area contributed by atoms with Gasteiger partial charge in [0, 0.05) is 34.2 Å². The minimum absolute atomic E-state index is 0.140. The summed E-state index contributed by atoms with van der Waals surface area (Å²) in [5.41, 5.74) is 3.74. The molecule has 0 saturated carbocycles. The number of carbonyl (C=O) groups is 3. The Morgan fingerprint density at radius 2 is 1.71 bits per heavy atom. The minimum atomic E-state index is -0.978. The number of nitrogens with one attached hydrogen (secondary N) is 1. The molecule has 5 rings (SSSR count). The summed E-state index contributed by atoms with van der Waals surface area (Å²) in [6, 6.07) is 21.0. The second-order valence-electron chi connectivity index (χ2n) is 8.24. The first kappa shape index (κ1) is 22.4. The van der Waals surface area contributed by atoms with E-state index < -0.39 is 17.9 Å². The Bertz CT molecular complexity index is 1500. The standard InChI is InChI=1S/C27H20ClN3O4/c28-21-10-8-17(9-11-21)15-31-25(32)23(29-27(31)35)13-20-16-30(24-7-2-1-6-22(20)24)14-18-4-3-5-19(12-18)26(33)34/h1-13,16H,14-15H2,(H,29,35)(H,33,34). The lowest BCUT2D eigenvalue weighted by molar-refractivity contribution is -0.123. The molecule has 1 aliphatic rings. The van der Waals surface area contributed by atoms with Crippen LogP contribution in [0.2, 0.25) is 5.02 Å². The summed E-state index contributed by atoms with van der Waals surface area (Å²) in [6.45, 7) is 0.592. The van der Waals surface area contributed by atoms with Crippen molar-refractivity contribution in [2.75, 3.05) is 0 Å². The molecule has 1 aliphatic heterocycles. The van der Waals surface area contributed by atoms with Crippen molar-refractivity contribution in [1.82, 2.24) is 14.8 Å². The zero-order chi connectivity index (χ0) is 24.5. The smallest absolute Gasteiger partial charge is 0.335 e. The lowest BCUT2D eigenvalue weighted by Crippen LogP contribution is -2.30. The van der Waals surface area contributed by atoms with Gasteiger partial charge in [0.05, 0.1) is 12.1 Å². The van der Waals surface area contributed by atoms with Gasteiger partial charge >= 0.3 is 12.0 Å². The van der Waals surface area contributed by atoms with Crippen molar-refractivity contribution in [3.05, 3.63) is 112 Å². The second kappa shape index (κ2) is 9.12. The van der Waals surface area contributed by atoms with Crippen molar-refractivity contribution in [2.24, 2.45) is 0 Å². The van der Waals surface area contributed by atoms with Gasteiger partial charge in [-0.25, -0.2) is 9.59 Å². The molecule has 7 nitrogen and oxygen atoms in total. The number of carboxylic acids is 1. The molecule has 2 N–H and O–H groups in total. The Kier molecular flexibility index (Phi) is 5.84. The van der Waals surface area contributed by atoms with Crippen LogP contribution < -0.4 is 5.32 Å². The van der Waals surface area contributed by atoms with Crippen molar-refractivity contribution in [2.45, 2.75) is 13.1 Å². The van der Waals surface area contributed by atoms with E-state index in [0.717, 1.165) is 32.5 Å². The number of nitrogens with zero attached hydrogens (tertiary/aromatic N) is 2. The van der Waals surface area contributed by atoms with E-state index in [2.05, 4.69) is 5.32 Å². The molecule has 0 aliphatic carbocycles. The Morgan fingerprint density at radius 3 is 2.49 bits per heavy atom. The summed E-state index contributed by atoms with van der Waals surface area (Å²) in [4.78, 5) is 38.0. The van der Waals surface area contributed by atoms with Gasteiger partial charge < -0.3 is 15.0 Å². The maximum Gasteiger partial charge on any atom is 0.335 e. The lowest BCUT2D eigenvalue weighted by Gasteiger charge is -2.11. The molecule has 3 amide bonds. The van der Waals surface area contributed by atoms with Crippen molar-refractivity contribution >= 4 is 46.5 Å². The predicted octanol–water partition coefficient (Wildman–Crippen LogP) is 5.13. The molecule has 35 heavy (non-hydrogen) atoms. The first-order chi connectivity index (χ1) is 16.9. The predicted molar refractivity (Wildman–Crippen MR) is 133 cm³/mol. The molecule has 0 unspecified atom stereocenters. The molecule has 0 radical (unpaired) electrons. The number of fused-ring (bicyclic) bond motifs is 1. The normalized spacial score (nSPS) is 14.7. The fraction of sp³-hybridized carbons (Fsp3) is 0.0741. The Morgan fingerprint density at radius 1 is 0.943 bits per heavy atom. The van der Waals surface area contributed by atoms with Gasteiger partial charge in [-0.15, -0.1) is 0 Å². The van der Waals surface area contributed by atoms with Crippen LogP contribution in [0.3, 0.4) is 0 Å². The van der Waals surface area contributed by atoms with Crippen molar-refractivity contribution in [3.8, 4) is 0 Å². The van der Waals surface area contributed by atoms with E-state index in [4.69, 9.17) is 11.6 Å². The van der Waals surface area contributed by atoms with E-state index in [1.165, 1.54) is 0 Å². The average Bonchev–Trinajstić information content (AvgIpc) is 3.32. The molecular formula is C27H20ClN3O4.